The first-order chi connectivity index (χ1) is 11.7. The molecule has 0 bridgehead atoms. The monoisotopic (exact) mass is 321 g/mol. The van der Waals surface area contributed by atoms with Gasteiger partial charge in [-0.05, 0) is 30.5 Å². The van der Waals surface area contributed by atoms with Crippen molar-refractivity contribution in [2.75, 3.05) is 13.1 Å². The molecule has 0 radical (unpaired) electrons. The lowest BCUT2D eigenvalue weighted by atomic mass is 10.1. The Hall–Kier alpha value is -2.65. The van der Waals surface area contributed by atoms with E-state index in [9.17, 15) is 4.79 Å². The first kappa shape index (κ1) is 14.9. The summed E-state index contributed by atoms with van der Waals surface area (Å²) >= 11 is 0. The number of carbonyl (C=O) groups excluding carboxylic acids is 1. The van der Waals surface area contributed by atoms with Crippen LogP contribution < -0.4 is 0 Å². The maximum atomic E-state index is 12.6. The molecule has 2 aliphatic heterocycles. The van der Waals surface area contributed by atoms with E-state index < -0.39 is 0 Å². The molecule has 2 aromatic rings. The lowest BCUT2D eigenvalue weighted by Gasteiger charge is -2.16. The molecular formula is C18H19N5O. The van der Waals surface area contributed by atoms with Crippen molar-refractivity contribution in [3.63, 3.8) is 0 Å². The minimum absolute atomic E-state index is 0.0540. The van der Waals surface area contributed by atoms with Gasteiger partial charge in [-0.25, -0.2) is 0 Å². The SMILES string of the molecule is N#Cc1cccc(CN2Cc3[nH]nc(C(=O)N4CCCC4)c3C2)c1. The standard InChI is InChI=1S/C18H19N5O/c19-9-13-4-3-5-14(8-13)10-22-11-15-16(12-22)20-21-17(15)18(24)23-6-1-2-7-23/h3-5,8H,1-2,6-7,10-12H2,(H,20,21). The van der Waals surface area contributed by atoms with E-state index in [0.29, 0.717) is 11.3 Å². The predicted octanol–water partition coefficient (Wildman–Crippen LogP) is 2.03. The van der Waals surface area contributed by atoms with Gasteiger partial charge in [0.1, 0.15) is 0 Å². The van der Waals surface area contributed by atoms with Crippen molar-refractivity contribution in [3.05, 3.63) is 52.3 Å². The molecule has 1 aromatic heterocycles. The number of likely N-dealkylation sites (tertiary alicyclic amines) is 1. The zero-order valence-corrected chi connectivity index (χ0v) is 13.5. The smallest absolute Gasteiger partial charge is 0.274 e. The zero-order valence-electron chi connectivity index (χ0n) is 13.5. The Morgan fingerprint density at radius 2 is 2.12 bits per heavy atom. The van der Waals surface area contributed by atoms with Gasteiger partial charge in [0.25, 0.3) is 5.91 Å². The van der Waals surface area contributed by atoms with E-state index in [1.54, 1.807) is 0 Å². The number of rotatable bonds is 3. The number of benzene rings is 1. The summed E-state index contributed by atoms with van der Waals surface area (Å²) < 4.78 is 0. The molecule has 6 nitrogen and oxygen atoms in total. The normalized spacial score (nSPS) is 17.0. The van der Waals surface area contributed by atoms with Crippen LogP contribution in [-0.4, -0.2) is 39.0 Å². The molecule has 24 heavy (non-hydrogen) atoms. The maximum Gasteiger partial charge on any atom is 0.274 e. The number of nitrogens with one attached hydrogen (secondary N) is 1. The van der Waals surface area contributed by atoms with Crippen LogP contribution in [0.4, 0.5) is 0 Å². The summed E-state index contributed by atoms with van der Waals surface area (Å²) in [6.07, 6.45) is 2.17. The van der Waals surface area contributed by atoms with E-state index in [1.165, 1.54) is 0 Å². The lowest BCUT2D eigenvalue weighted by Crippen LogP contribution is -2.29. The van der Waals surface area contributed by atoms with Crippen LogP contribution >= 0.6 is 0 Å². The Labute approximate surface area is 140 Å². The summed E-state index contributed by atoms with van der Waals surface area (Å²) in [6, 6.07) is 9.84. The summed E-state index contributed by atoms with van der Waals surface area (Å²) in [5, 5.41) is 16.3. The minimum atomic E-state index is 0.0540. The third kappa shape index (κ3) is 2.68. The number of nitriles is 1. The lowest BCUT2D eigenvalue weighted by molar-refractivity contribution is 0.0785. The van der Waals surface area contributed by atoms with Gasteiger partial charge in [-0.15, -0.1) is 0 Å². The number of hydrogen-bond donors (Lipinski definition) is 1. The highest BCUT2D eigenvalue weighted by Gasteiger charge is 2.30. The van der Waals surface area contributed by atoms with E-state index in [-0.39, 0.29) is 5.91 Å². The summed E-state index contributed by atoms with van der Waals surface area (Å²) in [7, 11) is 0. The fourth-order valence-corrected chi connectivity index (χ4v) is 3.56. The molecule has 0 aliphatic carbocycles. The van der Waals surface area contributed by atoms with Crippen LogP contribution in [0.3, 0.4) is 0 Å². The van der Waals surface area contributed by atoms with E-state index in [0.717, 1.165) is 62.4 Å². The molecule has 0 spiro atoms. The van der Waals surface area contributed by atoms with Crippen molar-refractivity contribution in [3.8, 4) is 6.07 Å². The van der Waals surface area contributed by atoms with Crippen LogP contribution in [0.25, 0.3) is 0 Å². The minimum Gasteiger partial charge on any atom is -0.337 e. The van der Waals surface area contributed by atoms with Gasteiger partial charge in [0.15, 0.2) is 5.69 Å². The Morgan fingerprint density at radius 1 is 1.29 bits per heavy atom. The van der Waals surface area contributed by atoms with Crippen LogP contribution in [0, 0.1) is 11.3 Å². The Kier molecular flexibility index (Phi) is 3.79. The first-order valence-corrected chi connectivity index (χ1v) is 8.31. The number of H-pyrrole nitrogens is 1. The molecule has 1 aromatic carbocycles. The average Bonchev–Trinajstić information content (AvgIpc) is 3.31. The van der Waals surface area contributed by atoms with Crippen molar-refractivity contribution >= 4 is 5.91 Å². The van der Waals surface area contributed by atoms with Gasteiger partial charge in [-0.1, -0.05) is 12.1 Å². The second kappa shape index (κ2) is 6.10. The van der Waals surface area contributed by atoms with Crippen molar-refractivity contribution in [2.24, 2.45) is 0 Å². The van der Waals surface area contributed by atoms with Crippen LogP contribution in [0.5, 0.6) is 0 Å². The molecule has 4 rings (SSSR count). The van der Waals surface area contributed by atoms with Crippen LogP contribution in [0.2, 0.25) is 0 Å². The van der Waals surface area contributed by atoms with Crippen molar-refractivity contribution in [1.82, 2.24) is 20.0 Å². The van der Waals surface area contributed by atoms with Crippen molar-refractivity contribution in [1.29, 1.82) is 5.26 Å². The van der Waals surface area contributed by atoms with Gasteiger partial charge in [0, 0.05) is 38.3 Å². The molecule has 0 atom stereocenters. The highest BCUT2D eigenvalue weighted by Crippen LogP contribution is 2.27. The molecule has 1 N–H and O–H groups in total. The van der Waals surface area contributed by atoms with Gasteiger partial charge >= 0.3 is 0 Å². The van der Waals surface area contributed by atoms with Crippen LogP contribution in [0.15, 0.2) is 24.3 Å². The molecule has 2 aliphatic rings. The number of aromatic nitrogens is 2. The maximum absolute atomic E-state index is 12.6. The van der Waals surface area contributed by atoms with E-state index in [4.69, 9.17) is 5.26 Å². The van der Waals surface area contributed by atoms with E-state index in [2.05, 4.69) is 21.2 Å². The largest absolute Gasteiger partial charge is 0.337 e. The number of aromatic amines is 1. The van der Waals surface area contributed by atoms with Crippen molar-refractivity contribution < 1.29 is 4.79 Å². The van der Waals surface area contributed by atoms with Gasteiger partial charge in [0.05, 0.1) is 17.3 Å². The molecule has 3 heterocycles. The zero-order chi connectivity index (χ0) is 16.5. The quantitative estimate of drug-likeness (QED) is 0.938. The second-order valence-corrected chi connectivity index (χ2v) is 6.49. The van der Waals surface area contributed by atoms with E-state index in [1.807, 2.05) is 29.2 Å². The summed E-state index contributed by atoms with van der Waals surface area (Å²) in [5.41, 5.74) is 4.44. The fraction of sp³-hybridized carbons (Fsp3) is 0.389. The highest BCUT2D eigenvalue weighted by atomic mass is 16.2. The van der Waals surface area contributed by atoms with Gasteiger partial charge in [-0.3, -0.25) is 14.8 Å². The Morgan fingerprint density at radius 3 is 2.92 bits per heavy atom. The number of amides is 1. The average molecular weight is 321 g/mol. The van der Waals surface area contributed by atoms with Gasteiger partial charge in [-0.2, -0.15) is 10.4 Å². The summed E-state index contributed by atoms with van der Waals surface area (Å²) in [6.45, 7) is 3.91. The number of fused-ring (bicyclic) bond motifs is 1. The first-order valence-electron chi connectivity index (χ1n) is 8.31. The summed E-state index contributed by atoms with van der Waals surface area (Å²) in [5.74, 6) is 0.0540. The fourth-order valence-electron chi connectivity index (χ4n) is 3.56. The Balaban J connectivity index is 1.48. The number of nitrogens with zero attached hydrogens (tertiary/aromatic N) is 4. The molecule has 122 valence electrons. The molecule has 0 saturated carbocycles. The topological polar surface area (TPSA) is 76.0 Å². The van der Waals surface area contributed by atoms with Crippen molar-refractivity contribution in [2.45, 2.75) is 32.5 Å². The summed E-state index contributed by atoms with van der Waals surface area (Å²) in [4.78, 5) is 16.8. The van der Waals surface area contributed by atoms with Crippen LogP contribution in [0.1, 0.15) is 45.7 Å². The molecular weight excluding hydrogens is 302 g/mol. The van der Waals surface area contributed by atoms with Gasteiger partial charge in [0.2, 0.25) is 0 Å². The predicted molar refractivity (Wildman–Crippen MR) is 87.8 cm³/mol. The van der Waals surface area contributed by atoms with Crippen LogP contribution in [-0.2, 0) is 19.6 Å². The number of hydrogen-bond acceptors (Lipinski definition) is 4. The third-order valence-corrected chi connectivity index (χ3v) is 4.77. The third-order valence-electron chi connectivity index (χ3n) is 4.77. The van der Waals surface area contributed by atoms with E-state index >= 15 is 0 Å². The number of carbonyl (C=O) groups is 1. The van der Waals surface area contributed by atoms with Gasteiger partial charge < -0.3 is 4.90 Å². The second-order valence-electron chi connectivity index (χ2n) is 6.49. The molecule has 6 heteroatoms. The molecule has 0 unspecified atom stereocenters. The molecule has 1 saturated heterocycles. The highest BCUT2D eigenvalue weighted by molar-refractivity contribution is 5.94. The Bertz CT molecular complexity index is 813. The molecule has 1 fully saturated rings. The molecule has 1 amide bonds.